The number of benzene rings is 1. The number of hydrogen-bond acceptors (Lipinski definition) is 1. The van der Waals surface area contributed by atoms with E-state index in [-0.39, 0.29) is 0 Å². The second-order valence-corrected chi connectivity index (χ2v) is 4.49. The standard InChI is InChI=1S/C13H16F3N/c14-13(15,16)12-6-2-1-4-10(12)5-3-9-17-11-7-8-11/h1-2,4,6,11,17H,3,5,7-9H2. The van der Waals surface area contributed by atoms with Crippen LogP contribution < -0.4 is 5.32 Å². The number of nitrogens with one attached hydrogen (secondary N) is 1. The summed E-state index contributed by atoms with van der Waals surface area (Å²) >= 11 is 0. The summed E-state index contributed by atoms with van der Waals surface area (Å²) in [6.45, 7) is 0.802. The highest BCUT2D eigenvalue weighted by molar-refractivity contribution is 5.29. The fraction of sp³-hybridized carbons (Fsp3) is 0.538. The predicted molar refractivity (Wildman–Crippen MR) is 60.8 cm³/mol. The minimum Gasteiger partial charge on any atom is -0.314 e. The summed E-state index contributed by atoms with van der Waals surface area (Å²) in [4.78, 5) is 0. The summed E-state index contributed by atoms with van der Waals surface area (Å²) < 4.78 is 38.0. The van der Waals surface area contributed by atoms with Gasteiger partial charge in [0.2, 0.25) is 0 Å². The molecule has 1 N–H and O–H groups in total. The van der Waals surface area contributed by atoms with Crippen LogP contribution in [0.5, 0.6) is 0 Å². The molecule has 1 aliphatic rings. The van der Waals surface area contributed by atoms with Crippen molar-refractivity contribution in [2.45, 2.75) is 37.9 Å². The molecule has 94 valence electrons. The Morgan fingerprint density at radius 2 is 1.88 bits per heavy atom. The summed E-state index contributed by atoms with van der Waals surface area (Å²) in [5.74, 6) is 0. The third kappa shape index (κ3) is 3.73. The van der Waals surface area contributed by atoms with Crippen molar-refractivity contribution in [1.29, 1.82) is 0 Å². The lowest BCUT2D eigenvalue weighted by molar-refractivity contribution is -0.138. The van der Waals surface area contributed by atoms with Crippen LogP contribution in [0.25, 0.3) is 0 Å². The van der Waals surface area contributed by atoms with Crippen molar-refractivity contribution in [3.63, 3.8) is 0 Å². The number of aryl methyl sites for hydroxylation is 1. The molecule has 1 aromatic carbocycles. The van der Waals surface area contributed by atoms with Crippen molar-refractivity contribution in [2.24, 2.45) is 0 Å². The lowest BCUT2D eigenvalue weighted by Gasteiger charge is -2.12. The zero-order valence-electron chi connectivity index (χ0n) is 9.56. The monoisotopic (exact) mass is 243 g/mol. The van der Waals surface area contributed by atoms with Crippen LogP contribution in [0.2, 0.25) is 0 Å². The Hall–Kier alpha value is -1.03. The van der Waals surface area contributed by atoms with Gasteiger partial charge < -0.3 is 5.32 Å². The van der Waals surface area contributed by atoms with Crippen molar-refractivity contribution in [1.82, 2.24) is 5.32 Å². The third-order valence-electron chi connectivity index (χ3n) is 2.96. The van der Waals surface area contributed by atoms with Crippen molar-refractivity contribution in [2.75, 3.05) is 6.54 Å². The van der Waals surface area contributed by atoms with Gasteiger partial charge >= 0.3 is 6.18 Å². The summed E-state index contributed by atoms with van der Waals surface area (Å²) in [5, 5.41) is 3.30. The van der Waals surface area contributed by atoms with Crippen LogP contribution in [0.1, 0.15) is 30.4 Å². The maximum absolute atomic E-state index is 12.7. The van der Waals surface area contributed by atoms with E-state index < -0.39 is 11.7 Å². The maximum atomic E-state index is 12.7. The molecule has 0 atom stereocenters. The van der Waals surface area contributed by atoms with E-state index >= 15 is 0 Å². The summed E-state index contributed by atoms with van der Waals surface area (Å²) in [6, 6.07) is 6.45. The molecule has 1 aliphatic carbocycles. The average molecular weight is 243 g/mol. The van der Waals surface area contributed by atoms with E-state index in [1.54, 1.807) is 12.1 Å². The first-order valence-corrected chi connectivity index (χ1v) is 5.96. The molecule has 0 aliphatic heterocycles. The molecule has 0 amide bonds. The van der Waals surface area contributed by atoms with Gasteiger partial charge in [-0.3, -0.25) is 0 Å². The minimum atomic E-state index is -4.24. The van der Waals surface area contributed by atoms with Crippen molar-refractivity contribution >= 4 is 0 Å². The van der Waals surface area contributed by atoms with Gasteiger partial charge in [-0.05, 0) is 43.9 Å². The van der Waals surface area contributed by atoms with Gasteiger partial charge in [-0.25, -0.2) is 0 Å². The van der Waals surface area contributed by atoms with Gasteiger partial charge in [0.1, 0.15) is 0 Å². The average Bonchev–Trinajstić information content (AvgIpc) is 3.07. The van der Waals surface area contributed by atoms with Gasteiger partial charge in [0.25, 0.3) is 0 Å². The molecule has 0 heterocycles. The van der Waals surface area contributed by atoms with Crippen LogP contribution in [0.4, 0.5) is 13.2 Å². The Labute approximate surface area is 99.0 Å². The summed E-state index contributed by atoms with van der Waals surface area (Å²) in [6.07, 6.45) is -0.586. The number of halogens is 3. The Balaban J connectivity index is 1.89. The summed E-state index contributed by atoms with van der Waals surface area (Å²) in [7, 11) is 0. The molecule has 0 unspecified atom stereocenters. The van der Waals surface area contributed by atoms with E-state index in [9.17, 15) is 13.2 Å². The molecule has 1 fully saturated rings. The van der Waals surface area contributed by atoms with Gasteiger partial charge in [0.05, 0.1) is 5.56 Å². The molecule has 2 rings (SSSR count). The first-order chi connectivity index (χ1) is 8.07. The van der Waals surface area contributed by atoms with Crippen LogP contribution >= 0.6 is 0 Å². The molecule has 0 saturated heterocycles. The van der Waals surface area contributed by atoms with Gasteiger partial charge in [-0.2, -0.15) is 13.2 Å². The first kappa shape index (κ1) is 12.4. The molecule has 4 heteroatoms. The van der Waals surface area contributed by atoms with E-state index in [0.717, 1.165) is 19.0 Å². The lowest BCUT2D eigenvalue weighted by Crippen LogP contribution is -2.18. The lowest BCUT2D eigenvalue weighted by atomic mass is 10.0. The van der Waals surface area contributed by atoms with Gasteiger partial charge in [0, 0.05) is 6.04 Å². The first-order valence-electron chi connectivity index (χ1n) is 5.96. The number of hydrogen-bond donors (Lipinski definition) is 1. The largest absolute Gasteiger partial charge is 0.416 e. The molecule has 1 nitrogen and oxygen atoms in total. The van der Waals surface area contributed by atoms with E-state index in [1.807, 2.05) is 0 Å². The van der Waals surface area contributed by atoms with Crippen LogP contribution in [-0.4, -0.2) is 12.6 Å². The fourth-order valence-electron chi connectivity index (χ4n) is 1.89. The predicted octanol–water partition coefficient (Wildman–Crippen LogP) is 3.39. The van der Waals surface area contributed by atoms with Crippen LogP contribution in [0.15, 0.2) is 24.3 Å². The van der Waals surface area contributed by atoms with E-state index in [2.05, 4.69) is 5.32 Å². The highest BCUT2D eigenvalue weighted by Crippen LogP contribution is 2.32. The normalized spacial score (nSPS) is 16.2. The molecule has 1 aromatic rings. The van der Waals surface area contributed by atoms with Crippen LogP contribution in [0.3, 0.4) is 0 Å². The van der Waals surface area contributed by atoms with E-state index in [0.29, 0.717) is 18.0 Å². The Morgan fingerprint density at radius 3 is 2.53 bits per heavy atom. The smallest absolute Gasteiger partial charge is 0.314 e. The minimum absolute atomic E-state index is 0.401. The maximum Gasteiger partial charge on any atom is 0.416 e. The summed E-state index contributed by atoms with van der Waals surface area (Å²) in [5.41, 5.74) is -0.0935. The second kappa shape index (κ2) is 5.08. The Morgan fingerprint density at radius 1 is 1.18 bits per heavy atom. The SMILES string of the molecule is FC(F)(F)c1ccccc1CCCNC1CC1. The molecule has 0 spiro atoms. The molecule has 0 bridgehead atoms. The molecule has 0 aromatic heterocycles. The van der Waals surface area contributed by atoms with Crippen molar-refractivity contribution in [3.8, 4) is 0 Å². The quantitative estimate of drug-likeness (QED) is 0.782. The Bertz CT molecular complexity index is 369. The molecule has 0 radical (unpaired) electrons. The van der Waals surface area contributed by atoms with Gasteiger partial charge in [-0.15, -0.1) is 0 Å². The van der Waals surface area contributed by atoms with E-state index in [4.69, 9.17) is 0 Å². The van der Waals surface area contributed by atoms with Gasteiger partial charge in [0.15, 0.2) is 0 Å². The van der Waals surface area contributed by atoms with Crippen molar-refractivity contribution in [3.05, 3.63) is 35.4 Å². The highest BCUT2D eigenvalue weighted by atomic mass is 19.4. The zero-order chi connectivity index (χ0) is 12.3. The van der Waals surface area contributed by atoms with Gasteiger partial charge in [-0.1, -0.05) is 18.2 Å². The highest BCUT2D eigenvalue weighted by Gasteiger charge is 2.32. The van der Waals surface area contributed by atoms with Crippen LogP contribution in [-0.2, 0) is 12.6 Å². The van der Waals surface area contributed by atoms with Crippen molar-refractivity contribution < 1.29 is 13.2 Å². The molecular formula is C13H16F3N. The number of rotatable bonds is 5. The molecule has 1 saturated carbocycles. The Kier molecular flexibility index (Phi) is 3.72. The molecular weight excluding hydrogens is 227 g/mol. The fourth-order valence-corrected chi connectivity index (χ4v) is 1.89. The van der Waals surface area contributed by atoms with Crippen LogP contribution in [0, 0.1) is 0 Å². The van der Waals surface area contributed by atoms with E-state index in [1.165, 1.54) is 18.9 Å². The molecule has 17 heavy (non-hydrogen) atoms. The topological polar surface area (TPSA) is 12.0 Å². The zero-order valence-corrected chi connectivity index (χ0v) is 9.56. The second-order valence-electron chi connectivity index (χ2n) is 4.49. The third-order valence-corrected chi connectivity index (χ3v) is 2.96. The number of alkyl halides is 3.